The number of hydrogen-bond acceptors (Lipinski definition) is 13. The molecule has 1 amide bonds. The van der Waals surface area contributed by atoms with Gasteiger partial charge in [-0.1, -0.05) is 345 Å². The highest BCUT2D eigenvalue weighted by Crippen LogP contribution is 2.30. The van der Waals surface area contributed by atoms with Crippen molar-refractivity contribution in [3.8, 4) is 0 Å². The molecule has 0 bridgehead atoms. The van der Waals surface area contributed by atoms with E-state index >= 15 is 0 Å². The lowest BCUT2D eigenvalue weighted by Gasteiger charge is -2.46. The lowest BCUT2D eigenvalue weighted by Crippen LogP contribution is -2.65. The Morgan fingerprint density at radius 1 is 0.398 bits per heavy atom. The second-order valence-electron chi connectivity index (χ2n) is 27.8. The zero-order valence-corrected chi connectivity index (χ0v) is 59.8. The van der Waals surface area contributed by atoms with Crippen molar-refractivity contribution in [1.82, 2.24) is 5.32 Å². The van der Waals surface area contributed by atoms with Gasteiger partial charge in [-0.25, -0.2) is 0 Å². The summed E-state index contributed by atoms with van der Waals surface area (Å²) in [5.41, 5.74) is 0. The van der Waals surface area contributed by atoms with Crippen LogP contribution in [0.5, 0.6) is 0 Å². The van der Waals surface area contributed by atoms with Gasteiger partial charge in [0, 0.05) is 6.42 Å². The van der Waals surface area contributed by atoms with Crippen molar-refractivity contribution in [2.75, 3.05) is 19.8 Å². The van der Waals surface area contributed by atoms with Crippen LogP contribution in [0.3, 0.4) is 0 Å². The van der Waals surface area contributed by atoms with E-state index < -0.39 is 86.8 Å². The Labute approximate surface area is 569 Å². The number of amides is 1. The van der Waals surface area contributed by atoms with E-state index in [0.29, 0.717) is 12.8 Å². The Kier molecular flexibility index (Phi) is 59.3. The standard InChI is InChI=1S/C79H147NO13/c1-3-5-7-9-11-13-15-17-19-21-23-25-27-29-31-33-34-35-37-39-41-43-45-47-49-51-53-55-57-59-61-63-71(84)80-67(66-90-78-76(89)74(87)77(70(65-82)92-78)93-79-75(88)73(86)72(85)69(64-81)91-79)68(83)62-60-58-56-54-52-50-48-46-44-42-40-38-36-32-30-28-26-24-22-20-18-16-14-12-10-8-6-4-2/h5,7,11,13,17,19,23,25,67-70,72-79,81-83,85-89H,3-4,6,8-10,12,14-16,18,20-22,24,26-66H2,1-2H3,(H,80,84)/b7-5-,13-11-,19-17-,25-23-. The third-order valence-corrected chi connectivity index (χ3v) is 19.3. The first kappa shape index (κ1) is 87.0. The van der Waals surface area contributed by atoms with Crippen molar-refractivity contribution in [3.63, 3.8) is 0 Å². The molecule has 93 heavy (non-hydrogen) atoms. The van der Waals surface area contributed by atoms with Gasteiger partial charge in [-0.05, 0) is 51.4 Å². The number of hydrogen-bond donors (Lipinski definition) is 9. The quantitative estimate of drug-likeness (QED) is 0.0204. The Morgan fingerprint density at radius 3 is 1.14 bits per heavy atom. The van der Waals surface area contributed by atoms with Gasteiger partial charge in [0.05, 0.1) is 32.0 Å². The van der Waals surface area contributed by atoms with Crippen LogP contribution in [0.2, 0.25) is 0 Å². The van der Waals surface area contributed by atoms with Gasteiger partial charge in [0.1, 0.15) is 48.8 Å². The largest absolute Gasteiger partial charge is 0.394 e. The summed E-state index contributed by atoms with van der Waals surface area (Å²) in [6.45, 7) is 2.81. The second-order valence-corrected chi connectivity index (χ2v) is 27.8. The molecule has 2 aliphatic rings. The molecule has 2 fully saturated rings. The van der Waals surface area contributed by atoms with Crippen molar-refractivity contribution in [2.24, 2.45) is 0 Å². The molecule has 14 nitrogen and oxygen atoms in total. The fourth-order valence-corrected chi connectivity index (χ4v) is 13.1. The number of nitrogens with one attached hydrogen (secondary N) is 1. The highest BCUT2D eigenvalue weighted by molar-refractivity contribution is 5.76. The minimum absolute atomic E-state index is 0.200. The number of rotatable bonds is 66. The molecule has 12 unspecified atom stereocenters. The summed E-state index contributed by atoms with van der Waals surface area (Å²) in [4.78, 5) is 13.4. The smallest absolute Gasteiger partial charge is 0.220 e. The molecule has 9 N–H and O–H groups in total. The fraction of sp³-hybridized carbons (Fsp3) is 0.886. The molecule has 0 radical (unpaired) electrons. The third kappa shape index (κ3) is 46.8. The molecule has 2 saturated heterocycles. The monoisotopic (exact) mass is 1320 g/mol. The maximum absolute atomic E-state index is 13.4. The molecular weight excluding hydrogens is 1170 g/mol. The Hall–Kier alpha value is -2.05. The van der Waals surface area contributed by atoms with Crippen LogP contribution in [-0.2, 0) is 23.7 Å². The average Bonchev–Trinajstić information content (AvgIpc) is 0.851. The summed E-state index contributed by atoms with van der Waals surface area (Å²) >= 11 is 0. The van der Waals surface area contributed by atoms with Crippen molar-refractivity contribution in [3.05, 3.63) is 48.6 Å². The van der Waals surface area contributed by atoms with E-state index in [4.69, 9.17) is 18.9 Å². The molecule has 0 saturated carbocycles. The van der Waals surface area contributed by atoms with Crippen LogP contribution in [0.15, 0.2) is 48.6 Å². The predicted molar refractivity (Wildman–Crippen MR) is 383 cm³/mol. The number of ether oxygens (including phenoxy) is 4. The normalized spacial score (nSPS) is 22.8. The number of carbonyl (C=O) groups excluding carboxylic acids is 1. The Bertz CT molecular complexity index is 1750. The number of aliphatic hydroxyl groups excluding tert-OH is 8. The van der Waals surface area contributed by atoms with Crippen molar-refractivity contribution in [2.45, 2.75) is 428 Å². The summed E-state index contributed by atoms with van der Waals surface area (Å²) < 4.78 is 23.0. The minimum Gasteiger partial charge on any atom is -0.394 e. The minimum atomic E-state index is -1.78. The molecule has 0 aromatic heterocycles. The van der Waals surface area contributed by atoms with Gasteiger partial charge in [0.2, 0.25) is 5.91 Å². The molecule has 0 aromatic rings. The molecule has 2 rings (SSSR count). The van der Waals surface area contributed by atoms with E-state index in [1.165, 1.54) is 250 Å². The summed E-state index contributed by atoms with van der Waals surface area (Å²) in [5.74, 6) is -0.200. The van der Waals surface area contributed by atoms with Gasteiger partial charge in [-0.2, -0.15) is 0 Å². The van der Waals surface area contributed by atoms with E-state index in [9.17, 15) is 45.6 Å². The first-order valence-electron chi connectivity index (χ1n) is 39.4. The molecule has 546 valence electrons. The van der Waals surface area contributed by atoms with Crippen LogP contribution in [0.25, 0.3) is 0 Å². The van der Waals surface area contributed by atoms with E-state index in [0.717, 1.165) is 77.0 Å². The molecule has 2 aliphatic heterocycles. The summed E-state index contributed by atoms with van der Waals surface area (Å²) in [6, 6.07) is -0.830. The van der Waals surface area contributed by atoms with Gasteiger partial charge >= 0.3 is 0 Å². The van der Waals surface area contributed by atoms with Crippen molar-refractivity contribution < 1.29 is 64.6 Å². The van der Waals surface area contributed by atoms with Gasteiger partial charge in [0.15, 0.2) is 12.6 Å². The van der Waals surface area contributed by atoms with Gasteiger partial charge in [-0.3, -0.25) is 4.79 Å². The first-order chi connectivity index (χ1) is 45.6. The maximum Gasteiger partial charge on any atom is 0.220 e. The molecule has 14 heteroatoms. The maximum atomic E-state index is 13.4. The Morgan fingerprint density at radius 2 is 0.742 bits per heavy atom. The number of carbonyl (C=O) groups is 1. The van der Waals surface area contributed by atoms with Crippen LogP contribution in [0, 0.1) is 0 Å². The van der Waals surface area contributed by atoms with E-state index in [-0.39, 0.29) is 12.5 Å². The highest BCUT2D eigenvalue weighted by atomic mass is 16.7. The van der Waals surface area contributed by atoms with Gasteiger partial charge < -0.3 is 65.1 Å². The zero-order valence-electron chi connectivity index (χ0n) is 59.8. The number of allylic oxidation sites excluding steroid dienone is 8. The van der Waals surface area contributed by atoms with Crippen LogP contribution >= 0.6 is 0 Å². The van der Waals surface area contributed by atoms with Crippen LogP contribution in [0.1, 0.15) is 354 Å². The topological polar surface area (TPSA) is 228 Å². The summed E-state index contributed by atoms with van der Waals surface area (Å²) in [6.07, 6.45) is 67.2. The van der Waals surface area contributed by atoms with Crippen LogP contribution in [-0.4, -0.2) is 140 Å². The lowest BCUT2D eigenvalue weighted by molar-refractivity contribution is -0.359. The fourth-order valence-electron chi connectivity index (χ4n) is 13.1. The average molecular weight is 1320 g/mol. The van der Waals surface area contributed by atoms with Gasteiger partial charge in [0.25, 0.3) is 0 Å². The van der Waals surface area contributed by atoms with Crippen molar-refractivity contribution >= 4 is 5.91 Å². The molecule has 2 heterocycles. The molecule has 0 aromatic carbocycles. The second kappa shape index (κ2) is 63.4. The van der Waals surface area contributed by atoms with E-state index in [2.05, 4.69) is 67.8 Å². The molecular formula is C79H147NO13. The van der Waals surface area contributed by atoms with E-state index in [1.807, 2.05) is 0 Å². The molecule has 0 spiro atoms. The summed E-state index contributed by atoms with van der Waals surface area (Å²) in [7, 11) is 0. The molecule has 0 aliphatic carbocycles. The SMILES string of the molecule is CC/C=C\C/C=C\C/C=C\C/C=C\CCCCCCCCCCCCCCCCCCCCC(=O)NC(COC1OC(CO)C(OC2OC(CO)C(O)C(O)C2O)C(O)C1O)C(O)CCCCCCCCCCCCCCCCCCCCCCCCCCCCCC. The number of aliphatic hydroxyl groups is 8. The van der Waals surface area contributed by atoms with Crippen LogP contribution in [0.4, 0.5) is 0 Å². The Balaban J connectivity index is 1.61. The van der Waals surface area contributed by atoms with Crippen LogP contribution < -0.4 is 5.32 Å². The predicted octanol–water partition coefficient (Wildman–Crippen LogP) is 17.4. The van der Waals surface area contributed by atoms with Crippen molar-refractivity contribution in [1.29, 1.82) is 0 Å². The zero-order chi connectivity index (χ0) is 67.3. The molecule has 12 atom stereocenters. The lowest BCUT2D eigenvalue weighted by atomic mass is 9.97. The summed E-state index contributed by atoms with van der Waals surface area (Å²) in [5, 5.41) is 87.9. The first-order valence-corrected chi connectivity index (χ1v) is 39.4. The number of unbranched alkanes of at least 4 members (excludes halogenated alkanes) is 45. The third-order valence-electron chi connectivity index (χ3n) is 19.3. The van der Waals surface area contributed by atoms with E-state index in [1.54, 1.807) is 0 Å². The highest BCUT2D eigenvalue weighted by Gasteiger charge is 2.51. The van der Waals surface area contributed by atoms with Gasteiger partial charge in [-0.15, -0.1) is 0 Å².